The van der Waals surface area contributed by atoms with E-state index >= 15 is 0 Å². The van der Waals surface area contributed by atoms with Crippen molar-refractivity contribution in [2.45, 2.75) is 33.0 Å². The van der Waals surface area contributed by atoms with Crippen molar-refractivity contribution in [1.29, 1.82) is 0 Å². The zero-order chi connectivity index (χ0) is 17.1. The first kappa shape index (κ1) is 17.5. The van der Waals surface area contributed by atoms with E-state index in [2.05, 4.69) is 24.1 Å². The Morgan fingerprint density at radius 1 is 1.17 bits per heavy atom. The van der Waals surface area contributed by atoms with Gasteiger partial charge in [0, 0.05) is 50.7 Å². The number of rotatable bonds is 1. The smallest absolute Gasteiger partial charge is 0.253 e. The van der Waals surface area contributed by atoms with E-state index in [-0.39, 0.29) is 11.7 Å². The minimum Gasteiger partial charge on any atom is -0.362 e. The molecule has 1 aromatic rings. The van der Waals surface area contributed by atoms with Gasteiger partial charge in [-0.3, -0.25) is 4.79 Å². The molecule has 1 atom stereocenters. The van der Waals surface area contributed by atoms with Crippen LogP contribution < -0.4 is 11.3 Å². The molecule has 0 bridgehead atoms. The third kappa shape index (κ3) is 3.41. The van der Waals surface area contributed by atoms with E-state index in [4.69, 9.17) is 5.73 Å². The molecule has 5 nitrogen and oxygen atoms in total. The standard InChI is InChI=1S/C16H22N4O.C2H6/c1-18-6-5-12-14(9-18)13(10-20(3)16(12)21)11-4-7-19(2)15(17)8-11;1-2/h4,7-8,10,15H,5-6,9,17H2,1-3H3;1-2H3. The van der Waals surface area contributed by atoms with Gasteiger partial charge >= 0.3 is 0 Å². The highest BCUT2D eigenvalue weighted by Crippen LogP contribution is 2.27. The summed E-state index contributed by atoms with van der Waals surface area (Å²) in [6, 6.07) is 0. The first-order valence-electron chi connectivity index (χ1n) is 8.25. The van der Waals surface area contributed by atoms with Crippen molar-refractivity contribution >= 4 is 5.57 Å². The van der Waals surface area contributed by atoms with Crippen molar-refractivity contribution in [3.63, 3.8) is 0 Å². The molecule has 0 saturated heterocycles. The highest BCUT2D eigenvalue weighted by molar-refractivity contribution is 5.77. The molecular weight excluding hydrogens is 288 g/mol. The maximum atomic E-state index is 12.3. The van der Waals surface area contributed by atoms with Crippen LogP contribution in [-0.4, -0.2) is 41.2 Å². The Hall–Kier alpha value is -1.85. The van der Waals surface area contributed by atoms with Crippen molar-refractivity contribution in [3.05, 3.63) is 51.6 Å². The van der Waals surface area contributed by atoms with E-state index in [9.17, 15) is 4.79 Å². The van der Waals surface area contributed by atoms with Gasteiger partial charge in [-0.15, -0.1) is 0 Å². The van der Waals surface area contributed by atoms with Crippen LogP contribution in [0.15, 0.2) is 29.3 Å². The molecule has 0 amide bonds. The van der Waals surface area contributed by atoms with E-state index in [0.29, 0.717) is 0 Å². The molecule has 0 fully saturated rings. The number of allylic oxidation sites excluding steroid dienone is 2. The van der Waals surface area contributed by atoms with E-state index < -0.39 is 0 Å². The maximum absolute atomic E-state index is 12.3. The summed E-state index contributed by atoms with van der Waals surface area (Å²) >= 11 is 0. The Labute approximate surface area is 138 Å². The number of hydrogen-bond donors (Lipinski definition) is 1. The third-order valence-corrected chi connectivity index (χ3v) is 4.38. The lowest BCUT2D eigenvalue weighted by Gasteiger charge is -2.29. The van der Waals surface area contributed by atoms with Gasteiger partial charge in [-0.2, -0.15) is 0 Å². The Balaban J connectivity index is 0.000000924. The first-order valence-corrected chi connectivity index (χ1v) is 8.25. The predicted molar refractivity (Wildman–Crippen MR) is 95.9 cm³/mol. The molecule has 2 aliphatic rings. The second-order valence-corrected chi connectivity index (χ2v) is 6.00. The van der Waals surface area contributed by atoms with E-state index in [1.807, 2.05) is 45.2 Å². The van der Waals surface area contributed by atoms with Crippen molar-refractivity contribution in [3.8, 4) is 0 Å². The molecule has 0 aliphatic carbocycles. The molecule has 0 spiro atoms. The molecule has 3 heterocycles. The van der Waals surface area contributed by atoms with Crippen LogP contribution in [0.4, 0.5) is 0 Å². The number of aromatic nitrogens is 1. The van der Waals surface area contributed by atoms with Crippen LogP contribution in [0, 0.1) is 0 Å². The molecule has 126 valence electrons. The van der Waals surface area contributed by atoms with Crippen molar-refractivity contribution in [2.24, 2.45) is 12.8 Å². The minimum atomic E-state index is -0.126. The van der Waals surface area contributed by atoms with Gasteiger partial charge < -0.3 is 20.1 Å². The highest BCUT2D eigenvalue weighted by Gasteiger charge is 2.23. The Morgan fingerprint density at radius 3 is 2.52 bits per heavy atom. The zero-order valence-corrected chi connectivity index (χ0v) is 14.8. The fourth-order valence-electron chi connectivity index (χ4n) is 3.01. The fourth-order valence-corrected chi connectivity index (χ4v) is 3.01. The summed E-state index contributed by atoms with van der Waals surface area (Å²) < 4.78 is 1.69. The van der Waals surface area contributed by atoms with Crippen LogP contribution in [-0.2, 0) is 20.0 Å². The number of fused-ring (bicyclic) bond motifs is 1. The van der Waals surface area contributed by atoms with Crippen LogP contribution in [0.2, 0.25) is 0 Å². The van der Waals surface area contributed by atoms with Gasteiger partial charge in [-0.05, 0) is 36.8 Å². The average Bonchev–Trinajstić information content (AvgIpc) is 2.55. The maximum Gasteiger partial charge on any atom is 0.253 e. The predicted octanol–water partition coefficient (Wildman–Crippen LogP) is 1.53. The lowest BCUT2D eigenvalue weighted by atomic mass is 9.92. The summed E-state index contributed by atoms with van der Waals surface area (Å²) in [5.74, 6) is 0. The molecule has 3 rings (SSSR count). The van der Waals surface area contributed by atoms with Crippen LogP contribution in [0.25, 0.3) is 5.57 Å². The SMILES string of the molecule is CC.CN1CCc2c(c(C3=CC(N)N(C)C=C3)cn(C)c2=O)C1. The third-order valence-electron chi connectivity index (χ3n) is 4.38. The van der Waals surface area contributed by atoms with Gasteiger partial charge in [-0.25, -0.2) is 0 Å². The average molecular weight is 316 g/mol. The molecule has 2 N–H and O–H groups in total. The Bertz CT molecular complexity index is 687. The first-order chi connectivity index (χ1) is 11.0. The Morgan fingerprint density at radius 2 is 1.87 bits per heavy atom. The van der Waals surface area contributed by atoms with Gasteiger partial charge in [0.1, 0.15) is 0 Å². The van der Waals surface area contributed by atoms with Crippen molar-refractivity contribution < 1.29 is 0 Å². The molecule has 23 heavy (non-hydrogen) atoms. The summed E-state index contributed by atoms with van der Waals surface area (Å²) in [6.45, 7) is 5.75. The number of pyridine rings is 1. The van der Waals surface area contributed by atoms with Crippen molar-refractivity contribution in [1.82, 2.24) is 14.4 Å². The van der Waals surface area contributed by atoms with E-state index in [1.54, 1.807) is 4.57 Å². The van der Waals surface area contributed by atoms with Crippen LogP contribution in [0.3, 0.4) is 0 Å². The van der Waals surface area contributed by atoms with E-state index in [1.165, 1.54) is 0 Å². The highest BCUT2D eigenvalue weighted by atomic mass is 16.1. The molecule has 0 aromatic carbocycles. The van der Waals surface area contributed by atoms with Gasteiger partial charge in [0.2, 0.25) is 0 Å². The second kappa shape index (κ2) is 7.15. The van der Waals surface area contributed by atoms with Crippen molar-refractivity contribution in [2.75, 3.05) is 20.6 Å². The van der Waals surface area contributed by atoms with Gasteiger partial charge in [0.15, 0.2) is 0 Å². The molecule has 2 aliphatic heterocycles. The largest absolute Gasteiger partial charge is 0.362 e. The van der Waals surface area contributed by atoms with Gasteiger partial charge in [-0.1, -0.05) is 13.8 Å². The second-order valence-electron chi connectivity index (χ2n) is 6.00. The number of nitrogens with zero attached hydrogens (tertiary/aromatic N) is 3. The summed E-state index contributed by atoms with van der Waals surface area (Å²) in [4.78, 5) is 16.6. The normalized spacial score (nSPS) is 20.5. The fraction of sp³-hybridized carbons (Fsp3) is 0.500. The molecule has 0 saturated carbocycles. The molecule has 1 aromatic heterocycles. The number of likely N-dealkylation sites (N-methyl/N-ethyl adjacent to an activating group) is 2. The lowest BCUT2D eigenvalue weighted by Crippen LogP contribution is -2.36. The Kier molecular flexibility index (Phi) is 5.44. The number of nitrogens with two attached hydrogens (primary N) is 1. The summed E-state index contributed by atoms with van der Waals surface area (Å²) in [5, 5.41) is 0. The molecular formula is C18H28N4O. The summed E-state index contributed by atoms with van der Waals surface area (Å²) in [7, 11) is 5.87. The number of hydrogen-bond acceptors (Lipinski definition) is 4. The minimum absolute atomic E-state index is 0.126. The lowest BCUT2D eigenvalue weighted by molar-refractivity contribution is 0.310. The quantitative estimate of drug-likeness (QED) is 0.854. The van der Waals surface area contributed by atoms with Gasteiger partial charge in [0.05, 0.1) is 6.17 Å². The molecule has 5 heteroatoms. The topological polar surface area (TPSA) is 54.5 Å². The number of aryl methyl sites for hydroxylation is 1. The van der Waals surface area contributed by atoms with Crippen LogP contribution in [0.1, 0.15) is 30.5 Å². The van der Waals surface area contributed by atoms with Crippen LogP contribution >= 0.6 is 0 Å². The monoisotopic (exact) mass is 316 g/mol. The molecule has 0 radical (unpaired) electrons. The molecule has 1 unspecified atom stereocenters. The summed E-state index contributed by atoms with van der Waals surface area (Å²) in [5.41, 5.74) is 10.6. The zero-order valence-electron chi connectivity index (χ0n) is 14.8. The van der Waals surface area contributed by atoms with Crippen LogP contribution in [0.5, 0.6) is 0 Å². The van der Waals surface area contributed by atoms with E-state index in [0.717, 1.165) is 41.8 Å². The summed E-state index contributed by atoms with van der Waals surface area (Å²) in [6.07, 6.45) is 8.74. The van der Waals surface area contributed by atoms with Gasteiger partial charge in [0.25, 0.3) is 5.56 Å².